The monoisotopic (exact) mass is 332 g/mol. The number of ether oxygens (including phenoxy) is 2. The molecule has 124 valence electrons. The summed E-state index contributed by atoms with van der Waals surface area (Å²) >= 11 is 1.71. The summed E-state index contributed by atoms with van der Waals surface area (Å²) in [6.07, 6.45) is 2.07. The molecule has 2 aromatic rings. The molecule has 5 heteroatoms. The first-order valence-electron chi connectivity index (χ1n) is 7.39. The number of thioether (sulfide) groups is 1. The Morgan fingerprint density at radius 3 is 2.35 bits per heavy atom. The fraction of sp³-hybridized carbons (Fsp3) is 0.333. The average Bonchev–Trinajstić information content (AvgIpc) is 2.54. The van der Waals surface area contributed by atoms with Crippen LogP contribution in [0, 0.1) is 0 Å². The van der Waals surface area contributed by atoms with E-state index in [-0.39, 0.29) is 0 Å². The Hall–Kier alpha value is -1.85. The second kappa shape index (κ2) is 8.13. The molecule has 0 unspecified atom stereocenters. The van der Waals surface area contributed by atoms with Crippen LogP contribution < -0.4 is 15.2 Å². The number of methoxy groups -OCH3 is 2. The van der Waals surface area contributed by atoms with E-state index in [2.05, 4.69) is 30.3 Å². The Bertz CT molecular complexity index is 661. The molecule has 0 aliphatic carbocycles. The van der Waals surface area contributed by atoms with Gasteiger partial charge in [-0.3, -0.25) is 4.90 Å². The van der Waals surface area contributed by atoms with Crippen molar-refractivity contribution < 1.29 is 9.47 Å². The van der Waals surface area contributed by atoms with Crippen molar-refractivity contribution in [2.24, 2.45) is 0 Å². The van der Waals surface area contributed by atoms with Gasteiger partial charge in [-0.1, -0.05) is 12.1 Å². The fourth-order valence-electron chi connectivity index (χ4n) is 2.57. The van der Waals surface area contributed by atoms with E-state index in [1.165, 1.54) is 16.0 Å². The highest BCUT2D eigenvalue weighted by Crippen LogP contribution is 2.35. The zero-order valence-corrected chi connectivity index (χ0v) is 14.9. The van der Waals surface area contributed by atoms with Crippen LogP contribution in [0.3, 0.4) is 0 Å². The van der Waals surface area contributed by atoms with Gasteiger partial charge in [0.05, 0.1) is 14.2 Å². The molecule has 0 amide bonds. The Kier molecular flexibility index (Phi) is 6.19. The van der Waals surface area contributed by atoms with Crippen LogP contribution in [0.1, 0.15) is 11.1 Å². The summed E-state index contributed by atoms with van der Waals surface area (Å²) in [4.78, 5) is 3.46. The van der Waals surface area contributed by atoms with E-state index in [0.29, 0.717) is 0 Å². The van der Waals surface area contributed by atoms with Gasteiger partial charge in [0.15, 0.2) is 11.5 Å². The molecule has 0 saturated heterocycles. The highest BCUT2D eigenvalue weighted by atomic mass is 32.2. The lowest BCUT2D eigenvalue weighted by molar-refractivity contribution is 0.313. The maximum absolute atomic E-state index is 5.85. The van der Waals surface area contributed by atoms with Gasteiger partial charge in [0.1, 0.15) is 0 Å². The van der Waals surface area contributed by atoms with Crippen LogP contribution in [-0.4, -0.2) is 32.4 Å². The predicted octanol–water partition coefficient (Wildman–Crippen LogP) is 3.64. The van der Waals surface area contributed by atoms with Crippen molar-refractivity contribution in [2.45, 2.75) is 18.0 Å². The smallest absolute Gasteiger partial charge is 0.161 e. The van der Waals surface area contributed by atoms with E-state index in [0.717, 1.165) is 30.3 Å². The topological polar surface area (TPSA) is 47.7 Å². The van der Waals surface area contributed by atoms with Crippen LogP contribution in [0.5, 0.6) is 11.5 Å². The molecule has 0 aliphatic rings. The molecular weight excluding hydrogens is 308 g/mol. The molecule has 0 radical (unpaired) electrons. The summed E-state index contributed by atoms with van der Waals surface area (Å²) in [7, 11) is 5.43. The van der Waals surface area contributed by atoms with Crippen molar-refractivity contribution in [3.05, 3.63) is 47.5 Å². The molecule has 0 heterocycles. The number of rotatable bonds is 7. The van der Waals surface area contributed by atoms with Crippen molar-refractivity contribution in [1.29, 1.82) is 0 Å². The minimum atomic E-state index is 0.762. The third-order valence-corrected chi connectivity index (χ3v) is 4.45. The number of nitrogen functional groups attached to an aromatic ring is 1. The first-order valence-corrected chi connectivity index (χ1v) is 8.61. The second-order valence-electron chi connectivity index (χ2n) is 5.44. The largest absolute Gasteiger partial charge is 0.493 e. The number of nitrogens with two attached hydrogens (primary N) is 1. The van der Waals surface area contributed by atoms with Gasteiger partial charge in [-0.05, 0) is 48.7 Å². The molecule has 2 aromatic carbocycles. The maximum atomic E-state index is 5.85. The summed E-state index contributed by atoms with van der Waals surface area (Å²) in [5.41, 5.74) is 9.08. The Morgan fingerprint density at radius 2 is 1.74 bits per heavy atom. The van der Waals surface area contributed by atoms with Gasteiger partial charge >= 0.3 is 0 Å². The highest BCUT2D eigenvalue weighted by molar-refractivity contribution is 7.98. The first-order chi connectivity index (χ1) is 11.1. The van der Waals surface area contributed by atoms with Crippen LogP contribution in [0.4, 0.5) is 5.69 Å². The maximum Gasteiger partial charge on any atom is 0.161 e. The Labute approximate surface area is 142 Å². The van der Waals surface area contributed by atoms with Crippen LogP contribution in [-0.2, 0) is 13.1 Å². The molecule has 0 aromatic heterocycles. The number of nitrogens with zero attached hydrogens (tertiary/aromatic N) is 1. The molecule has 0 bridgehead atoms. The van der Waals surface area contributed by atoms with E-state index < -0.39 is 0 Å². The van der Waals surface area contributed by atoms with Gasteiger partial charge in [-0.2, -0.15) is 0 Å². The molecule has 23 heavy (non-hydrogen) atoms. The summed E-state index contributed by atoms with van der Waals surface area (Å²) < 4.78 is 10.8. The first kappa shape index (κ1) is 17.5. The number of benzene rings is 2. The molecule has 0 spiro atoms. The lowest BCUT2D eigenvalue weighted by Crippen LogP contribution is -2.18. The van der Waals surface area contributed by atoms with Crippen LogP contribution in [0.2, 0.25) is 0 Å². The van der Waals surface area contributed by atoms with E-state index >= 15 is 0 Å². The lowest BCUT2D eigenvalue weighted by Gasteiger charge is -2.20. The van der Waals surface area contributed by atoms with Gasteiger partial charge in [0.25, 0.3) is 0 Å². The highest BCUT2D eigenvalue weighted by Gasteiger charge is 2.12. The van der Waals surface area contributed by atoms with Gasteiger partial charge in [-0.25, -0.2) is 0 Å². The fourth-order valence-corrected chi connectivity index (χ4v) is 3.18. The SMILES string of the molecule is COc1cc(CN(C)Cc2cccc(N)c2)c(SC)cc1OC. The normalized spacial score (nSPS) is 10.8. The third-order valence-electron chi connectivity index (χ3n) is 3.63. The Morgan fingerprint density at radius 1 is 1.04 bits per heavy atom. The van der Waals surface area contributed by atoms with Crippen molar-refractivity contribution in [1.82, 2.24) is 4.90 Å². The molecule has 4 nitrogen and oxygen atoms in total. The predicted molar refractivity (Wildman–Crippen MR) is 97.4 cm³/mol. The van der Waals surface area contributed by atoms with E-state index in [1.54, 1.807) is 26.0 Å². The van der Waals surface area contributed by atoms with Crippen molar-refractivity contribution in [2.75, 3.05) is 33.3 Å². The number of hydrogen-bond donors (Lipinski definition) is 1. The van der Waals surface area contributed by atoms with Crippen LogP contribution in [0.25, 0.3) is 0 Å². The van der Waals surface area contributed by atoms with Crippen LogP contribution >= 0.6 is 11.8 Å². The third kappa shape index (κ3) is 4.56. The van der Waals surface area contributed by atoms with Gasteiger partial charge in [0, 0.05) is 23.7 Å². The molecule has 0 aliphatic heterocycles. The zero-order valence-electron chi connectivity index (χ0n) is 14.1. The Balaban J connectivity index is 2.17. The minimum absolute atomic E-state index is 0.762. The molecular formula is C18H24N2O2S. The summed E-state index contributed by atoms with van der Waals surface area (Å²) in [5, 5.41) is 0. The van der Waals surface area contributed by atoms with Crippen LogP contribution in [0.15, 0.2) is 41.3 Å². The lowest BCUT2D eigenvalue weighted by atomic mass is 10.1. The number of hydrogen-bond acceptors (Lipinski definition) is 5. The average molecular weight is 332 g/mol. The van der Waals surface area contributed by atoms with Crippen molar-refractivity contribution in [3.8, 4) is 11.5 Å². The summed E-state index contributed by atoms with van der Waals surface area (Å²) in [5.74, 6) is 1.52. The quantitative estimate of drug-likeness (QED) is 0.619. The second-order valence-corrected chi connectivity index (χ2v) is 6.28. The van der Waals surface area contributed by atoms with E-state index in [1.807, 2.05) is 24.3 Å². The molecule has 2 rings (SSSR count). The van der Waals surface area contributed by atoms with Gasteiger partial charge < -0.3 is 15.2 Å². The summed E-state index contributed by atoms with van der Waals surface area (Å²) in [6.45, 7) is 1.67. The van der Waals surface area contributed by atoms with Crippen molar-refractivity contribution in [3.63, 3.8) is 0 Å². The van der Waals surface area contributed by atoms with E-state index in [9.17, 15) is 0 Å². The van der Waals surface area contributed by atoms with E-state index in [4.69, 9.17) is 15.2 Å². The van der Waals surface area contributed by atoms with Crippen molar-refractivity contribution >= 4 is 17.4 Å². The molecule has 0 atom stereocenters. The summed E-state index contributed by atoms with van der Waals surface area (Å²) in [6, 6.07) is 12.1. The molecule has 0 fully saturated rings. The van der Waals surface area contributed by atoms with Gasteiger partial charge in [-0.15, -0.1) is 11.8 Å². The number of anilines is 1. The van der Waals surface area contributed by atoms with Gasteiger partial charge in [0.2, 0.25) is 0 Å². The standard InChI is InChI=1S/C18H24N2O2S/c1-20(11-13-6-5-7-15(19)8-13)12-14-9-16(21-2)17(22-3)10-18(14)23-4/h5-10H,11-12,19H2,1-4H3. The minimum Gasteiger partial charge on any atom is -0.493 e. The zero-order chi connectivity index (χ0) is 16.8. The molecule has 0 saturated carbocycles. The molecule has 2 N–H and O–H groups in total.